The molecule has 2 aromatic rings. The largest absolute Gasteiger partial charge is 0.493 e. The van der Waals surface area contributed by atoms with Gasteiger partial charge in [0, 0.05) is 11.6 Å². The van der Waals surface area contributed by atoms with E-state index in [9.17, 15) is 13.2 Å². The number of rotatable bonds is 10. The van der Waals surface area contributed by atoms with Gasteiger partial charge < -0.3 is 14.2 Å². The summed E-state index contributed by atoms with van der Waals surface area (Å²) in [7, 11) is 0.699. The summed E-state index contributed by atoms with van der Waals surface area (Å²) in [5.41, 5.74) is 3.05. The molecule has 1 aliphatic rings. The van der Waals surface area contributed by atoms with E-state index in [-0.39, 0.29) is 17.5 Å². The highest BCUT2D eigenvalue weighted by molar-refractivity contribution is 7.89. The third-order valence-electron chi connectivity index (χ3n) is 5.72. The van der Waals surface area contributed by atoms with Gasteiger partial charge in [0.15, 0.2) is 11.5 Å². The number of hydrogen-bond donors (Lipinski definition) is 1. The molecule has 0 aromatic heterocycles. The minimum atomic E-state index is -3.83. The van der Waals surface area contributed by atoms with Crippen molar-refractivity contribution < 1.29 is 27.4 Å². The predicted molar refractivity (Wildman–Crippen MR) is 129 cm³/mol. The molecule has 1 amide bonds. The molecule has 0 spiro atoms. The second-order valence-corrected chi connectivity index (χ2v) is 9.80. The molecule has 3 rings (SSSR count). The van der Waals surface area contributed by atoms with Crippen molar-refractivity contribution in [3.63, 3.8) is 0 Å². The minimum Gasteiger partial charge on any atom is -0.493 e. The summed E-state index contributed by atoms with van der Waals surface area (Å²) in [6.45, 7) is -0.311. The number of nitrogens with zero attached hydrogens (tertiary/aromatic N) is 2. The van der Waals surface area contributed by atoms with Crippen molar-refractivity contribution in [1.29, 1.82) is 0 Å². The predicted octanol–water partition coefficient (Wildman–Crippen LogP) is 3.19. The van der Waals surface area contributed by atoms with E-state index in [1.807, 2.05) is 0 Å². The SMILES string of the molecule is COc1cc(/C=N/NC(=O)CN(C2CCCCC2)S(=O)(=O)c2ccccc2)cc(OC)c1OC. The zero-order chi connectivity index (χ0) is 24.6. The average molecular weight is 490 g/mol. The van der Waals surface area contributed by atoms with Gasteiger partial charge in [0.2, 0.25) is 15.8 Å². The Bertz CT molecular complexity index is 1070. The normalized spacial score (nSPS) is 14.8. The quantitative estimate of drug-likeness (QED) is 0.406. The second-order valence-electron chi connectivity index (χ2n) is 7.91. The molecule has 0 atom stereocenters. The van der Waals surface area contributed by atoms with Crippen molar-refractivity contribution in [3.8, 4) is 17.2 Å². The molecular formula is C24H31N3O6S. The molecule has 34 heavy (non-hydrogen) atoms. The molecule has 0 unspecified atom stereocenters. The molecule has 0 heterocycles. The zero-order valence-electron chi connectivity index (χ0n) is 19.7. The van der Waals surface area contributed by atoms with Crippen molar-refractivity contribution >= 4 is 22.1 Å². The summed E-state index contributed by atoms with van der Waals surface area (Å²) in [5, 5.41) is 4.00. The summed E-state index contributed by atoms with van der Waals surface area (Å²) in [6, 6.07) is 11.4. The molecule has 0 saturated heterocycles. The Morgan fingerprint density at radius 3 is 2.21 bits per heavy atom. The number of amides is 1. The maximum atomic E-state index is 13.3. The lowest BCUT2D eigenvalue weighted by Crippen LogP contribution is -2.46. The van der Waals surface area contributed by atoms with E-state index in [1.165, 1.54) is 31.8 Å². The number of ether oxygens (including phenoxy) is 3. The summed E-state index contributed by atoms with van der Waals surface area (Å²) >= 11 is 0. The van der Waals surface area contributed by atoms with Crippen LogP contribution in [0.4, 0.5) is 0 Å². The molecule has 1 fully saturated rings. The van der Waals surface area contributed by atoms with E-state index in [2.05, 4.69) is 10.5 Å². The lowest BCUT2D eigenvalue weighted by molar-refractivity contribution is -0.121. The molecule has 0 bridgehead atoms. The van der Waals surface area contributed by atoms with Crippen LogP contribution in [0.1, 0.15) is 37.7 Å². The van der Waals surface area contributed by atoms with Crippen molar-refractivity contribution in [2.75, 3.05) is 27.9 Å². The van der Waals surface area contributed by atoms with Gasteiger partial charge in [0.05, 0.1) is 39.0 Å². The van der Waals surface area contributed by atoms with Crippen LogP contribution in [0.25, 0.3) is 0 Å². The molecule has 0 radical (unpaired) electrons. The lowest BCUT2D eigenvalue weighted by atomic mass is 9.95. The van der Waals surface area contributed by atoms with Crippen molar-refractivity contribution in [2.24, 2.45) is 5.10 Å². The summed E-state index contributed by atoms with van der Waals surface area (Å²) in [6.07, 6.45) is 5.83. The monoisotopic (exact) mass is 489 g/mol. The molecule has 9 nitrogen and oxygen atoms in total. The molecule has 0 aliphatic heterocycles. The number of methoxy groups -OCH3 is 3. The Hall–Kier alpha value is -3.11. The fraction of sp³-hybridized carbons (Fsp3) is 0.417. The molecular weight excluding hydrogens is 458 g/mol. The highest BCUT2D eigenvalue weighted by Crippen LogP contribution is 2.37. The lowest BCUT2D eigenvalue weighted by Gasteiger charge is -2.32. The zero-order valence-corrected chi connectivity index (χ0v) is 20.5. The number of carbonyl (C=O) groups is 1. The Balaban J connectivity index is 1.76. The van der Waals surface area contributed by atoms with E-state index in [1.54, 1.807) is 42.5 Å². The van der Waals surface area contributed by atoms with Gasteiger partial charge in [-0.05, 0) is 37.1 Å². The number of benzene rings is 2. The fourth-order valence-electron chi connectivity index (χ4n) is 4.04. The first-order valence-electron chi connectivity index (χ1n) is 11.1. The van der Waals surface area contributed by atoms with Crippen LogP contribution in [0.2, 0.25) is 0 Å². The molecule has 10 heteroatoms. The summed E-state index contributed by atoms with van der Waals surface area (Å²) in [4.78, 5) is 12.9. The highest BCUT2D eigenvalue weighted by Gasteiger charge is 2.33. The third-order valence-corrected chi connectivity index (χ3v) is 7.63. The van der Waals surface area contributed by atoms with Gasteiger partial charge in [0.25, 0.3) is 5.91 Å². The van der Waals surface area contributed by atoms with Gasteiger partial charge in [-0.3, -0.25) is 4.79 Å². The van der Waals surface area contributed by atoms with Crippen LogP contribution in [0.3, 0.4) is 0 Å². The molecule has 2 aromatic carbocycles. The Labute approximate surface area is 200 Å². The topological polar surface area (TPSA) is 107 Å². The standard InChI is InChI=1S/C24H31N3O6S/c1-31-21-14-18(15-22(32-2)24(21)33-3)16-25-26-23(28)17-27(19-10-6-4-7-11-19)34(29,30)20-12-8-5-9-13-20/h5,8-9,12-16,19H,4,6-7,10-11,17H2,1-3H3,(H,26,28)/b25-16+. The van der Waals surface area contributed by atoms with E-state index in [4.69, 9.17) is 14.2 Å². The van der Waals surface area contributed by atoms with Gasteiger partial charge in [-0.25, -0.2) is 13.8 Å². The maximum Gasteiger partial charge on any atom is 0.255 e. The number of hydrogen-bond acceptors (Lipinski definition) is 7. The van der Waals surface area contributed by atoms with Crippen LogP contribution in [-0.4, -0.2) is 58.8 Å². The second kappa shape index (κ2) is 11.8. The van der Waals surface area contributed by atoms with Crippen LogP contribution in [0, 0.1) is 0 Å². The van der Waals surface area contributed by atoms with E-state index >= 15 is 0 Å². The van der Waals surface area contributed by atoms with Gasteiger partial charge in [-0.15, -0.1) is 0 Å². The van der Waals surface area contributed by atoms with Crippen molar-refractivity contribution in [3.05, 3.63) is 48.0 Å². The van der Waals surface area contributed by atoms with Crippen LogP contribution in [0.5, 0.6) is 17.2 Å². The minimum absolute atomic E-state index is 0.175. The van der Waals surface area contributed by atoms with Crippen LogP contribution < -0.4 is 19.6 Å². The van der Waals surface area contributed by atoms with Crippen molar-refractivity contribution in [1.82, 2.24) is 9.73 Å². The number of hydrazone groups is 1. The Morgan fingerprint density at radius 2 is 1.65 bits per heavy atom. The summed E-state index contributed by atoms with van der Waals surface area (Å²) < 4.78 is 43.9. The van der Waals surface area contributed by atoms with Gasteiger partial charge in [0.1, 0.15) is 0 Å². The molecule has 1 aliphatic carbocycles. The Kier molecular flexibility index (Phi) is 8.89. The van der Waals surface area contributed by atoms with Gasteiger partial charge in [-0.1, -0.05) is 37.5 Å². The van der Waals surface area contributed by atoms with Gasteiger partial charge in [-0.2, -0.15) is 9.41 Å². The fourth-order valence-corrected chi connectivity index (χ4v) is 5.70. The summed E-state index contributed by atoms with van der Waals surface area (Å²) in [5.74, 6) is 0.827. The number of sulfonamides is 1. The van der Waals surface area contributed by atoms with Gasteiger partial charge >= 0.3 is 0 Å². The van der Waals surface area contributed by atoms with E-state index in [0.717, 1.165) is 32.1 Å². The average Bonchev–Trinajstić information content (AvgIpc) is 2.87. The first-order chi connectivity index (χ1) is 16.4. The van der Waals surface area contributed by atoms with Crippen LogP contribution >= 0.6 is 0 Å². The highest BCUT2D eigenvalue weighted by atomic mass is 32.2. The number of nitrogens with one attached hydrogen (secondary N) is 1. The smallest absolute Gasteiger partial charge is 0.255 e. The first-order valence-corrected chi connectivity index (χ1v) is 12.5. The van der Waals surface area contributed by atoms with E-state index in [0.29, 0.717) is 22.8 Å². The Morgan fingerprint density at radius 1 is 1.03 bits per heavy atom. The molecule has 1 N–H and O–H groups in total. The number of carbonyl (C=O) groups excluding carboxylic acids is 1. The van der Waals surface area contributed by atoms with Crippen LogP contribution in [0.15, 0.2) is 52.5 Å². The maximum absolute atomic E-state index is 13.3. The van der Waals surface area contributed by atoms with Crippen molar-refractivity contribution in [2.45, 2.75) is 43.0 Å². The third kappa shape index (κ3) is 6.06. The van der Waals surface area contributed by atoms with E-state index < -0.39 is 15.9 Å². The molecule has 184 valence electrons. The van der Waals surface area contributed by atoms with Crippen LogP contribution in [-0.2, 0) is 14.8 Å². The first kappa shape index (κ1) is 25.5. The molecule has 1 saturated carbocycles.